The lowest BCUT2D eigenvalue weighted by molar-refractivity contribution is 0.668. The van der Waals surface area contributed by atoms with E-state index in [0.29, 0.717) is 22.5 Å². The Bertz CT molecular complexity index is 3100. The second kappa shape index (κ2) is 11.3. The van der Waals surface area contributed by atoms with Crippen molar-refractivity contribution in [1.82, 2.24) is 15.0 Å². The van der Waals surface area contributed by atoms with Crippen LogP contribution in [0.1, 0.15) is 0 Å². The molecular weight excluding hydrogens is 682 g/mol. The molecule has 0 amide bonds. The summed E-state index contributed by atoms with van der Waals surface area (Å²) in [4.78, 5) is 15.6. The Morgan fingerprint density at radius 3 is 1.60 bits per heavy atom. The second-order valence-corrected chi connectivity index (χ2v) is 14.3. The van der Waals surface area contributed by atoms with Crippen molar-refractivity contribution < 1.29 is 8.83 Å². The van der Waals surface area contributed by atoms with Gasteiger partial charge >= 0.3 is 0 Å². The third kappa shape index (κ3) is 4.45. The summed E-state index contributed by atoms with van der Waals surface area (Å²) in [7, 11) is 0. The fraction of sp³-hybridized carbons (Fsp3) is 0. The Hall–Kier alpha value is -6.34. The van der Waals surface area contributed by atoms with Crippen LogP contribution in [-0.4, -0.2) is 15.0 Å². The molecule has 0 atom stereocenters. The standard InChI is InChI=1S/C45H24ClN3O2S/c46-33-23-22-25(24-32(33)26-13-9-21-39-42(26)29-12-3-6-20-38(29)52-39)43-47-44(30-14-7-18-36-40(30)27-10-1-4-16-34(27)50-36)49-45(48-43)31-15-8-19-37-41(31)28-11-2-5-17-35(28)51-37/h1-24H. The van der Waals surface area contributed by atoms with Gasteiger partial charge in [0, 0.05) is 69.0 Å². The number of nitrogens with zero attached hydrogens (tertiary/aromatic N) is 3. The van der Waals surface area contributed by atoms with Crippen LogP contribution in [0.4, 0.5) is 0 Å². The van der Waals surface area contributed by atoms with Gasteiger partial charge in [-0.15, -0.1) is 11.3 Å². The predicted octanol–water partition coefficient (Wildman–Crippen LogP) is 13.4. The molecular formula is C45H24ClN3O2S. The average Bonchev–Trinajstić information content (AvgIpc) is 3.89. The van der Waals surface area contributed by atoms with Gasteiger partial charge in [-0.3, -0.25) is 0 Å². The van der Waals surface area contributed by atoms with E-state index in [2.05, 4.69) is 72.8 Å². The minimum absolute atomic E-state index is 0.537. The van der Waals surface area contributed by atoms with Crippen molar-refractivity contribution in [2.24, 2.45) is 0 Å². The molecule has 11 rings (SSSR count). The van der Waals surface area contributed by atoms with Crippen molar-refractivity contribution in [3.8, 4) is 45.3 Å². The van der Waals surface area contributed by atoms with E-state index in [9.17, 15) is 0 Å². The van der Waals surface area contributed by atoms with Gasteiger partial charge in [-0.1, -0.05) is 103 Å². The number of furan rings is 2. The Kier molecular flexibility index (Phi) is 6.41. The van der Waals surface area contributed by atoms with Crippen LogP contribution >= 0.6 is 22.9 Å². The van der Waals surface area contributed by atoms with Crippen LogP contribution in [-0.2, 0) is 0 Å². The average molecular weight is 706 g/mol. The number of thiophene rings is 1. The maximum Gasteiger partial charge on any atom is 0.164 e. The molecule has 5 nitrogen and oxygen atoms in total. The Labute approximate surface area is 305 Å². The summed E-state index contributed by atoms with van der Waals surface area (Å²) >= 11 is 8.83. The molecule has 0 saturated carbocycles. The molecule has 4 heterocycles. The lowest BCUT2D eigenvalue weighted by Gasteiger charge is -2.12. The van der Waals surface area contributed by atoms with Crippen LogP contribution in [0.25, 0.3) is 109 Å². The molecule has 4 aromatic heterocycles. The van der Waals surface area contributed by atoms with Crippen LogP contribution < -0.4 is 0 Å². The van der Waals surface area contributed by atoms with Gasteiger partial charge in [0.2, 0.25) is 0 Å². The van der Waals surface area contributed by atoms with Crippen LogP contribution in [0.5, 0.6) is 0 Å². The van der Waals surface area contributed by atoms with Gasteiger partial charge in [0.1, 0.15) is 22.3 Å². The zero-order valence-corrected chi connectivity index (χ0v) is 28.9. The number of rotatable bonds is 4. The van der Waals surface area contributed by atoms with Gasteiger partial charge in [-0.05, 0) is 60.2 Å². The summed E-state index contributed by atoms with van der Waals surface area (Å²) in [6, 6.07) is 49.2. The highest BCUT2D eigenvalue weighted by Gasteiger charge is 2.21. The van der Waals surface area contributed by atoms with E-state index in [0.717, 1.165) is 71.7 Å². The molecule has 52 heavy (non-hydrogen) atoms. The van der Waals surface area contributed by atoms with Crippen molar-refractivity contribution in [3.63, 3.8) is 0 Å². The molecule has 7 aromatic carbocycles. The molecule has 0 aliphatic heterocycles. The van der Waals surface area contributed by atoms with Crippen molar-refractivity contribution in [2.75, 3.05) is 0 Å². The van der Waals surface area contributed by atoms with Crippen molar-refractivity contribution in [3.05, 3.63) is 151 Å². The quantitative estimate of drug-likeness (QED) is 0.182. The zero-order valence-electron chi connectivity index (χ0n) is 27.3. The minimum Gasteiger partial charge on any atom is -0.456 e. The molecule has 11 aromatic rings. The Morgan fingerprint density at radius 1 is 0.404 bits per heavy atom. The molecule has 0 spiro atoms. The Balaban J connectivity index is 1.19. The van der Waals surface area contributed by atoms with Crippen LogP contribution in [0.15, 0.2) is 154 Å². The van der Waals surface area contributed by atoms with Crippen LogP contribution in [0, 0.1) is 0 Å². The third-order valence-electron chi connectivity index (χ3n) is 9.84. The molecule has 0 saturated heterocycles. The van der Waals surface area contributed by atoms with Crippen molar-refractivity contribution in [2.45, 2.75) is 0 Å². The number of halogens is 1. The molecule has 0 N–H and O–H groups in total. The first-order valence-corrected chi connectivity index (χ1v) is 18.2. The lowest BCUT2D eigenvalue weighted by Crippen LogP contribution is -2.01. The van der Waals surface area contributed by atoms with Gasteiger partial charge in [0.25, 0.3) is 0 Å². The highest BCUT2D eigenvalue weighted by Crippen LogP contribution is 2.44. The maximum absolute atomic E-state index is 7.04. The minimum atomic E-state index is 0.537. The SMILES string of the molecule is Clc1ccc(-c2nc(-c3cccc4oc5ccccc5c34)nc(-c3cccc4oc5ccccc5c34)n2)cc1-c1cccc2sc3ccccc3c12. The summed E-state index contributed by atoms with van der Waals surface area (Å²) in [5.41, 5.74) is 7.71. The summed E-state index contributed by atoms with van der Waals surface area (Å²) in [6.07, 6.45) is 0. The Morgan fingerprint density at radius 2 is 0.923 bits per heavy atom. The first kappa shape index (κ1) is 29.4. The van der Waals surface area contributed by atoms with Gasteiger partial charge in [-0.25, -0.2) is 15.0 Å². The highest BCUT2D eigenvalue weighted by atomic mass is 35.5. The molecule has 244 valence electrons. The highest BCUT2D eigenvalue weighted by molar-refractivity contribution is 7.25. The third-order valence-corrected chi connectivity index (χ3v) is 11.3. The fourth-order valence-corrected chi connectivity index (χ4v) is 8.89. The van der Waals surface area contributed by atoms with Crippen molar-refractivity contribution >= 4 is 87.0 Å². The van der Waals surface area contributed by atoms with Crippen molar-refractivity contribution in [1.29, 1.82) is 0 Å². The summed E-state index contributed by atoms with van der Waals surface area (Å²) in [6.45, 7) is 0. The van der Waals surface area contributed by atoms with Gasteiger partial charge in [0.15, 0.2) is 17.5 Å². The normalized spacial score (nSPS) is 11.9. The first-order chi connectivity index (χ1) is 25.7. The number of benzene rings is 7. The van der Waals surface area contributed by atoms with Crippen LogP contribution in [0.2, 0.25) is 5.02 Å². The number of aromatic nitrogens is 3. The number of para-hydroxylation sites is 2. The predicted molar refractivity (Wildman–Crippen MR) is 214 cm³/mol. The molecule has 0 radical (unpaired) electrons. The van der Waals surface area contributed by atoms with E-state index in [1.807, 2.05) is 72.8 Å². The summed E-state index contributed by atoms with van der Waals surface area (Å²) < 4.78 is 15.0. The number of hydrogen-bond acceptors (Lipinski definition) is 6. The van der Waals surface area contributed by atoms with Gasteiger partial charge in [0.05, 0.1) is 0 Å². The summed E-state index contributed by atoms with van der Waals surface area (Å²) in [5.74, 6) is 1.63. The van der Waals surface area contributed by atoms with Gasteiger partial charge < -0.3 is 8.83 Å². The number of hydrogen-bond donors (Lipinski definition) is 0. The second-order valence-electron chi connectivity index (χ2n) is 12.8. The molecule has 0 bridgehead atoms. The molecule has 0 aliphatic rings. The first-order valence-electron chi connectivity index (χ1n) is 17.0. The van der Waals surface area contributed by atoms with E-state index >= 15 is 0 Å². The van der Waals surface area contributed by atoms with E-state index in [4.69, 9.17) is 35.4 Å². The zero-order chi connectivity index (χ0) is 34.3. The monoisotopic (exact) mass is 705 g/mol. The molecule has 0 aliphatic carbocycles. The van der Waals surface area contributed by atoms with E-state index in [-0.39, 0.29) is 0 Å². The molecule has 0 unspecified atom stereocenters. The molecule has 0 fully saturated rings. The van der Waals surface area contributed by atoms with Crippen LogP contribution in [0.3, 0.4) is 0 Å². The fourth-order valence-electron chi connectivity index (χ4n) is 7.54. The van der Waals surface area contributed by atoms with E-state index in [1.165, 1.54) is 20.2 Å². The van der Waals surface area contributed by atoms with E-state index in [1.54, 1.807) is 11.3 Å². The summed E-state index contributed by atoms with van der Waals surface area (Å²) in [5, 5.41) is 6.99. The molecule has 7 heteroatoms. The smallest absolute Gasteiger partial charge is 0.164 e. The largest absolute Gasteiger partial charge is 0.456 e. The van der Waals surface area contributed by atoms with E-state index < -0.39 is 0 Å². The number of fused-ring (bicyclic) bond motifs is 9. The lowest BCUT2D eigenvalue weighted by atomic mass is 9.97. The van der Waals surface area contributed by atoms with Gasteiger partial charge in [-0.2, -0.15) is 0 Å². The maximum atomic E-state index is 7.04. The topological polar surface area (TPSA) is 65.0 Å².